The molecule has 1 fully saturated rings. The summed E-state index contributed by atoms with van der Waals surface area (Å²) < 4.78 is 1.61. The Hall–Kier alpha value is -1.23. The molecule has 84 valence electrons. The highest BCUT2D eigenvalue weighted by Crippen LogP contribution is 2.40. The summed E-state index contributed by atoms with van der Waals surface area (Å²) in [7, 11) is 3.97. The number of likely N-dealkylation sites (N-methyl/N-ethyl adjacent to an activating group) is 1. The lowest BCUT2D eigenvalue weighted by atomic mass is 10.3. The van der Waals surface area contributed by atoms with Gasteiger partial charge in [0, 0.05) is 12.5 Å². The molecule has 0 aliphatic heterocycles. The first kappa shape index (κ1) is 10.3. The van der Waals surface area contributed by atoms with Gasteiger partial charge in [0.15, 0.2) is 0 Å². The van der Waals surface area contributed by atoms with Gasteiger partial charge in [0.25, 0.3) is 5.56 Å². The molecule has 5 heteroatoms. The Bertz CT molecular complexity index is 400. The van der Waals surface area contributed by atoms with E-state index in [1.54, 1.807) is 4.68 Å². The molecule has 0 radical (unpaired) electrons. The van der Waals surface area contributed by atoms with Gasteiger partial charge in [-0.15, -0.1) is 0 Å². The SMILES string of the molecule is CN(C)CCn1[nH]c(C2CC2)c(N)c1=O. The number of hydrogen-bond donors (Lipinski definition) is 2. The molecule has 5 nitrogen and oxygen atoms in total. The fraction of sp³-hybridized carbons (Fsp3) is 0.700. The fourth-order valence-electron chi connectivity index (χ4n) is 1.66. The summed E-state index contributed by atoms with van der Waals surface area (Å²) >= 11 is 0. The molecular formula is C10H18N4O. The number of aromatic nitrogens is 2. The van der Waals surface area contributed by atoms with E-state index < -0.39 is 0 Å². The summed E-state index contributed by atoms with van der Waals surface area (Å²) in [6.45, 7) is 1.51. The monoisotopic (exact) mass is 210 g/mol. The Morgan fingerprint density at radius 1 is 1.53 bits per heavy atom. The van der Waals surface area contributed by atoms with Crippen LogP contribution in [0.15, 0.2) is 4.79 Å². The Balaban J connectivity index is 2.17. The highest BCUT2D eigenvalue weighted by molar-refractivity contribution is 5.44. The van der Waals surface area contributed by atoms with Gasteiger partial charge in [-0.2, -0.15) is 0 Å². The van der Waals surface area contributed by atoms with Gasteiger partial charge in [0.05, 0.1) is 12.2 Å². The average Bonchev–Trinajstić information content (AvgIpc) is 2.96. The van der Waals surface area contributed by atoms with Crippen molar-refractivity contribution in [3.63, 3.8) is 0 Å². The van der Waals surface area contributed by atoms with Crippen LogP contribution in [0.3, 0.4) is 0 Å². The Morgan fingerprint density at radius 2 is 2.20 bits per heavy atom. The van der Waals surface area contributed by atoms with Crippen LogP contribution in [0.2, 0.25) is 0 Å². The van der Waals surface area contributed by atoms with Crippen LogP contribution in [0, 0.1) is 0 Å². The standard InChI is InChI=1S/C10H18N4O/c1-13(2)5-6-14-10(15)8(11)9(12-14)7-3-4-7/h7,12H,3-6,11H2,1-2H3. The largest absolute Gasteiger partial charge is 0.393 e. The zero-order valence-electron chi connectivity index (χ0n) is 9.29. The van der Waals surface area contributed by atoms with E-state index in [0.717, 1.165) is 25.1 Å². The molecule has 0 aromatic carbocycles. The number of H-pyrrole nitrogens is 1. The number of nitrogens with zero attached hydrogens (tertiary/aromatic N) is 2. The maximum Gasteiger partial charge on any atom is 0.289 e. The van der Waals surface area contributed by atoms with Crippen LogP contribution in [0.4, 0.5) is 5.69 Å². The van der Waals surface area contributed by atoms with Gasteiger partial charge in [-0.3, -0.25) is 9.89 Å². The lowest BCUT2D eigenvalue weighted by Crippen LogP contribution is -2.25. The van der Waals surface area contributed by atoms with Crippen LogP contribution in [0.5, 0.6) is 0 Å². The number of aromatic amines is 1. The van der Waals surface area contributed by atoms with Crippen LogP contribution in [0.1, 0.15) is 24.5 Å². The van der Waals surface area contributed by atoms with E-state index in [9.17, 15) is 4.79 Å². The zero-order valence-corrected chi connectivity index (χ0v) is 9.29. The Labute approximate surface area is 88.8 Å². The number of nitrogens with two attached hydrogens (primary N) is 1. The third-order valence-corrected chi connectivity index (χ3v) is 2.78. The van der Waals surface area contributed by atoms with Crippen molar-refractivity contribution in [2.24, 2.45) is 0 Å². The van der Waals surface area contributed by atoms with Crippen LogP contribution in [-0.2, 0) is 6.54 Å². The van der Waals surface area contributed by atoms with Crippen LogP contribution in [0.25, 0.3) is 0 Å². The third-order valence-electron chi connectivity index (χ3n) is 2.78. The van der Waals surface area contributed by atoms with Gasteiger partial charge < -0.3 is 10.6 Å². The molecule has 1 saturated carbocycles. The fourth-order valence-corrected chi connectivity index (χ4v) is 1.66. The first-order valence-electron chi connectivity index (χ1n) is 5.32. The first-order chi connectivity index (χ1) is 7.09. The van der Waals surface area contributed by atoms with Crippen molar-refractivity contribution in [1.29, 1.82) is 0 Å². The summed E-state index contributed by atoms with van der Waals surface area (Å²) in [5, 5.41) is 3.12. The summed E-state index contributed by atoms with van der Waals surface area (Å²) in [4.78, 5) is 13.8. The summed E-state index contributed by atoms with van der Waals surface area (Å²) in [6.07, 6.45) is 2.30. The smallest absolute Gasteiger partial charge is 0.289 e. The first-order valence-corrected chi connectivity index (χ1v) is 5.32. The molecule has 0 unspecified atom stereocenters. The maximum absolute atomic E-state index is 11.7. The van der Waals surface area contributed by atoms with Crippen molar-refractivity contribution in [1.82, 2.24) is 14.7 Å². The average molecular weight is 210 g/mol. The molecule has 0 bridgehead atoms. The van der Waals surface area contributed by atoms with Gasteiger partial charge >= 0.3 is 0 Å². The van der Waals surface area contributed by atoms with Gasteiger partial charge in [-0.05, 0) is 26.9 Å². The second-order valence-electron chi connectivity index (χ2n) is 4.47. The molecule has 0 amide bonds. The number of hydrogen-bond acceptors (Lipinski definition) is 3. The summed E-state index contributed by atoms with van der Waals surface area (Å²) in [6, 6.07) is 0. The van der Waals surface area contributed by atoms with E-state index in [-0.39, 0.29) is 5.56 Å². The molecule has 0 atom stereocenters. The minimum atomic E-state index is -0.0706. The molecule has 1 heterocycles. The van der Waals surface area contributed by atoms with Crippen LogP contribution in [-0.4, -0.2) is 35.3 Å². The molecule has 2 rings (SSSR count). The van der Waals surface area contributed by atoms with Gasteiger partial charge in [0.1, 0.15) is 5.69 Å². The van der Waals surface area contributed by atoms with Gasteiger partial charge in [-0.25, -0.2) is 4.68 Å². The molecule has 1 aliphatic carbocycles. The molecule has 1 aromatic heterocycles. The van der Waals surface area contributed by atoms with E-state index >= 15 is 0 Å². The molecule has 0 saturated heterocycles. The van der Waals surface area contributed by atoms with Crippen molar-refractivity contribution < 1.29 is 0 Å². The van der Waals surface area contributed by atoms with Gasteiger partial charge in [-0.1, -0.05) is 0 Å². The van der Waals surface area contributed by atoms with E-state index in [1.807, 2.05) is 19.0 Å². The molecule has 1 aliphatic rings. The molecular weight excluding hydrogens is 192 g/mol. The predicted molar refractivity (Wildman–Crippen MR) is 60.0 cm³/mol. The number of nitrogens with one attached hydrogen (secondary N) is 1. The predicted octanol–water partition coefficient (Wildman–Crippen LogP) is 0.198. The Morgan fingerprint density at radius 3 is 2.73 bits per heavy atom. The van der Waals surface area contributed by atoms with Crippen molar-refractivity contribution in [2.45, 2.75) is 25.3 Å². The minimum absolute atomic E-state index is 0.0706. The van der Waals surface area contributed by atoms with Crippen molar-refractivity contribution >= 4 is 5.69 Å². The number of rotatable bonds is 4. The molecule has 3 N–H and O–H groups in total. The number of anilines is 1. The second kappa shape index (κ2) is 3.73. The highest BCUT2D eigenvalue weighted by atomic mass is 16.1. The third kappa shape index (κ3) is 2.07. The van der Waals surface area contributed by atoms with Gasteiger partial charge in [0.2, 0.25) is 0 Å². The van der Waals surface area contributed by atoms with Crippen LogP contribution < -0.4 is 11.3 Å². The lowest BCUT2D eigenvalue weighted by molar-refractivity contribution is 0.369. The highest BCUT2D eigenvalue weighted by Gasteiger charge is 2.29. The summed E-state index contributed by atoms with van der Waals surface area (Å²) in [5.41, 5.74) is 7.06. The maximum atomic E-state index is 11.7. The zero-order chi connectivity index (χ0) is 11.0. The van der Waals surface area contributed by atoms with Crippen molar-refractivity contribution in [3.8, 4) is 0 Å². The van der Waals surface area contributed by atoms with E-state index in [2.05, 4.69) is 5.10 Å². The van der Waals surface area contributed by atoms with Crippen molar-refractivity contribution in [3.05, 3.63) is 16.0 Å². The van der Waals surface area contributed by atoms with E-state index in [0.29, 0.717) is 18.2 Å². The second-order valence-corrected chi connectivity index (χ2v) is 4.47. The molecule has 0 spiro atoms. The Kier molecular flexibility index (Phi) is 2.56. The quantitative estimate of drug-likeness (QED) is 0.746. The van der Waals surface area contributed by atoms with Crippen LogP contribution >= 0.6 is 0 Å². The van der Waals surface area contributed by atoms with Crippen molar-refractivity contribution in [2.75, 3.05) is 26.4 Å². The topological polar surface area (TPSA) is 67.1 Å². The number of nitrogen functional groups attached to an aromatic ring is 1. The van der Waals surface area contributed by atoms with E-state index in [4.69, 9.17) is 5.73 Å². The normalized spacial score (nSPS) is 16.2. The summed E-state index contributed by atoms with van der Waals surface area (Å²) in [5.74, 6) is 0.498. The minimum Gasteiger partial charge on any atom is -0.393 e. The molecule has 1 aromatic rings. The lowest BCUT2D eigenvalue weighted by Gasteiger charge is -2.08. The van der Waals surface area contributed by atoms with E-state index in [1.165, 1.54) is 0 Å². The molecule has 15 heavy (non-hydrogen) atoms.